The van der Waals surface area contributed by atoms with Gasteiger partial charge in [-0.25, -0.2) is 14.0 Å². The molecule has 1 atom stereocenters. The minimum Gasteiger partial charge on any atom is -0.462 e. The van der Waals surface area contributed by atoms with E-state index < -0.39 is 28.5 Å². The summed E-state index contributed by atoms with van der Waals surface area (Å²) in [6.45, 7) is 1.47. The zero-order valence-corrected chi connectivity index (χ0v) is 8.95. The third kappa shape index (κ3) is 2.48. The molecule has 88 valence electrons. The highest BCUT2D eigenvalue weighted by Gasteiger charge is 2.22. The second-order valence-corrected chi connectivity index (χ2v) is 3.14. The van der Waals surface area contributed by atoms with Crippen LogP contribution in [0.5, 0.6) is 0 Å². The normalized spacial score (nSPS) is 12.2. The van der Waals surface area contributed by atoms with Gasteiger partial charge in [0.2, 0.25) is 0 Å². The highest BCUT2D eigenvalue weighted by Crippen LogP contribution is 2.08. The summed E-state index contributed by atoms with van der Waals surface area (Å²) in [7, 11) is 0. The highest BCUT2D eigenvalue weighted by atomic mass is 35.5. The van der Waals surface area contributed by atoms with Crippen molar-refractivity contribution in [3.63, 3.8) is 0 Å². The molecule has 1 rings (SSSR count). The first-order valence-electron chi connectivity index (χ1n) is 4.29. The topological polar surface area (TPSA) is 81.2 Å². The van der Waals surface area contributed by atoms with E-state index in [9.17, 15) is 18.8 Å². The van der Waals surface area contributed by atoms with Crippen LogP contribution in [0.4, 0.5) is 4.39 Å². The standard InChI is InChI=1S/C8H8ClFN2O4/c1-2-16-7(14)5(10)12-3-4(9)6(13)11-8(12)15/h3,5H,2H2,1H3,(H,11,13,15). The van der Waals surface area contributed by atoms with Crippen LogP contribution in [0, 0.1) is 0 Å². The number of aromatic nitrogens is 2. The van der Waals surface area contributed by atoms with Gasteiger partial charge in [-0.15, -0.1) is 0 Å². The molecule has 0 aliphatic rings. The number of hydrogen-bond donors (Lipinski definition) is 1. The molecule has 1 N–H and O–H groups in total. The number of carbonyl (C=O) groups is 1. The van der Waals surface area contributed by atoms with E-state index in [2.05, 4.69) is 4.74 Å². The first kappa shape index (κ1) is 12.4. The van der Waals surface area contributed by atoms with Crippen molar-refractivity contribution in [2.75, 3.05) is 6.61 Å². The maximum Gasteiger partial charge on any atom is 0.362 e. The molecule has 0 aliphatic carbocycles. The molecule has 1 aromatic heterocycles. The monoisotopic (exact) mass is 250 g/mol. The number of hydrogen-bond acceptors (Lipinski definition) is 4. The van der Waals surface area contributed by atoms with Gasteiger partial charge in [-0.2, -0.15) is 0 Å². The average Bonchev–Trinajstić information content (AvgIpc) is 2.23. The summed E-state index contributed by atoms with van der Waals surface area (Å²) in [5, 5.41) is -0.397. The van der Waals surface area contributed by atoms with Crippen LogP contribution in [0.25, 0.3) is 0 Å². The molecule has 6 nitrogen and oxygen atoms in total. The van der Waals surface area contributed by atoms with Gasteiger partial charge in [0.05, 0.1) is 6.61 Å². The molecule has 1 aromatic rings. The fraction of sp³-hybridized carbons (Fsp3) is 0.375. The number of carbonyl (C=O) groups excluding carboxylic acids is 1. The van der Waals surface area contributed by atoms with Gasteiger partial charge in [0.25, 0.3) is 11.9 Å². The Morgan fingerprint density at radius 1 is 1.69 bits per heavy atom. The molecule has 8 heteroatoms. The van der Waals surface area contributed by atoms with Crippen molar-refractivity contribution in [1.82, 2.24) is 9.55 Å². The Hall–Kier alpha value is -1.63. The zero-order chi connectivity index (χ0) is 12.3. The summed E-state index contributed by atoms with van der Waals surface area (Å²) >= 11 is 5.39. The maximum absolute atomic E-state index is 13.4. The van der Waals surface area contributed by atoms with E-state index in [4.69, 9.17) is 11.6 Å². The van der Waals surface area contributed by atoms with Gasteiger partial charge >= 0.3 is 11.7 Å². The molecule has 0 saturated heterocycles. The van der Waals surface area contributed by atoms with Crippen LogP contribution in [-0.2, 0) is 9.53 Å². The Kier molecular flexibility index (Phi) is 3.83. The van der Waals surface area contributed by atoms with E-state index in [1.807, 2.05) is 0 Å². The summed E-state index contributed by atoms with van der Waals surface area (Å²) in [5.41, 5.74) is -1.92. The highest BCUT2D eigenvalue weighted by molar-refractivity contribution is 6.30. The summed E-state index contributed by atoms with van der Waals surface area (Å²) in [5.74, 6) is -1.23. The average molecular weight is 251 g/mol. The second kappa shape index (κ2) is 4.93. The lowest BCUT2D eigenvalue weighted by molar-refractivity contribution is -0.153. The smallest absolute Gasteiger partial charge is 0.362 e. The van der Waals surface area contributed by atoms with Crippen LogP contribution in [-0.4, -0.2) is 22.1 Å². The molecule has 0 aliphatic heterocycles. The van der Waals surface area contributed by atoms with E-state index in [0.717, 1.165) is 6.20 Å². The number of ether oxygens (including phenoxy) is 1. The molecule has 0 saturated carbocycles. The predicted octanol–water partition coefficient (Wildman–Crippen LogP) is 0.221. The summed E-state index contributed by atoms with van der Waals surface area (Å²) in [4.78, 5) is 34.8. The van der Waals surface area contributed by atoms with E-state index in [0.29, 0.717) is 4.57 Å². The molecule has 16 heavy (non-hydrogen) atoms. The van der Waals surface area contributed by atoms with Crippen LogP contribution in [0.2, 0.25) is 5.02 Å². The minimum absolute atomic E-state index is 0.0227. The lowest BCUT2D eigenvalue weighted by Gasteiger charge is -2.09. The molecule has 0 bridgehead atoms. The predicted molar refractivity (Wildman–Crippen MR) is 53.1 cm³/mol. The van der Waals surface area contributed by atoms with Crippen LogP contribution in [0.3, 0.4) is 0 Å². The van der Waals surface area contributed by atoms with E-state index in [-0.39, 0.29) is 6.61 Å². The maximum atomic E-state index is 13.4. The third-order valence-electron chi connectivity index (χ3n) is 1.65. The van der Waals surface area contributed by atoms with Gasteiger partial charge in [0, 0.05) is 6.20 Å². The summed E-state index contributed by atoms with van der Waals surface area (Å²) in [6.07, 6.45) is -1.59. The number of esters is 1. The van der Waals surface area contributed by atoms with E-state index in [1.165, 1.54) is 6.92 Å². The SMILES string of the molecule is CCOC(=O)C(F)n1cc(Cl)c(=O)[nH]c1=O. The van der Waals surface area contributed by atoms with E-state index in [1.54, 1.807) is 4.98 Å². The Bertz CT molecular complexity index is 509. The lowest BCUT2D eigenvalue weighted by atomic mass is 10.5. The Balaban J connectivity index is 3.14. The fourth-order valence-electron chi connectivity index (χ4n) is 0.954. The first-order chi connectivity index (χ1) is 7.47. The van der Waals surface area contributed by atoms with Crippen molar-refractivity contribution in [3.05, 3.63) is 32.1 Å². The molecule has 0 fully saturated rings. The number of nitrogens with zero attached hydrogens (tertiary/aromatic N) is 1. The fourth-order valence-corrected chi connectivity index (χ4v) is 1.11. The van der Waals surface area contributed by atoms with Crippen LogP contribution in [0.1, 0.15) is 13.2 Å². The van der Waals surface area contributed by atoms with Crippen molar-refractivity contribution < 1.29 is 13.9 Å². The van der Waals surface area contributed by atoms with Crippen molar-refractivity contribution in [2.45, 2.75) is 13.2 Å². The Morgan fingerprint density at radius 3 is 2.88 bits per heavy atom. The molecule has 0 aromatic carbocycles. The molecular formula is C8H8ClFN2O4. The van der Waals surface area contributed by atoms with Crippen LogP contribution in [0.15, 0.2) is 15.8 Å². The van der Waals surface area contributed by atoms with Gasteiger partial charge in [-0.1, -0.05) is 11.6 Å². The quantitative estimate of drug-likeness (QED) is 0.778. The number of nitrogens with one attached hydrogen (secondary N) is 1. The number of aromatic amines is 1. The van der Waals surface area contributed by atoms with Gasteiger partial charge in [-0.05, 0) is 6.92 Å². The first-order valence-corrected chi connectivity index (χ1v) is 4.66. The molecular weight excluding hydrogens is 243 g/mol. The Labute approximate surface area is 93.6 Å². The largest absolute Gasteiger partial charge is 0.462 e. The number of H-pyrrole nitrogens is 1. The number of alkyl halides is 1. The van der Waals surface area contributed by atoms with Crippen LogP contribution >= 0.6 is 11.6 Å². The molecule has 0 spiro atoms. The van der Waals surface area contributed by atoms with Crippen molar-refractivity contribution >= 4 is 17.6 Å². The summed E-state index contributed by atoms with van der Waals surface area (Å²) < 4.78 is 18.1. The summed E-state index contributed by atoms with van der Waals surface area (Å²) in [6, 6.07) is 0. The van der Waals surface area contributed by atoms with E-state index >= 15 is 0 Å². The van der Waals surface area contributed by atoms with Crippen LogP contribution < -0.4 is 11.2 Å². The zero-order valence-electron chi connectivity index (χ0n) is 8.20. The van der Waals surface area contributed by atoms with Crippen molar-refractivity contribution in [1.29, 1.82) is 0 Å². The minimum atomic E-state index is -2.33. The molecule has 1 heterocycles. The van der Waals surface area contributed by atoms with Gasteiger partial charge in [-0.3, -0.25) is 14.3 Å². The van der Waals surface area contributed by atoms with Gasteiger partial charge in [0.1, 0.15) is 5.02 Å². The molecule has 0 amide bonds. The van der Waals surface area contributed by atoms with Crippen molar-refractivity contribution in [2.24, 2.45) is 0 Å². The molecule has 1 unspecified atom stereocenters. The Morgan fingerprint density at radius 2 is 2.31 bits per heavy atom. The van der Waals surface area contributed by atoms with Gasteiger partial charge < -0.3 is 4.74 Å². The molecule has 0 radical (unpaired) electrons. The van der Waals surface area contributed by atoms with Crippen molar-refractivity contribution in [3.8, 4) is 0 Å². The second-order valence-electron chi connectivity index (χ2n) is 2.73. The number of halogens is 2. The van der Waals surface area contributed by atoms with Gasteiger partial charge in [0.15, 0.2) is 0 Å². The lowest BCUT2D eigenvalue weighted by Crippen LogP contribution is -2.34. The third-order valence-corrected chi connectivity index (χ3v) is 1.92. The number of rotatable bonds is 3.